The number of rotatable bonds is 4. The first-order valence-corrected chi connectivity index (χ1v) is 6.91. The van der Waals surface area contributed by atoms with E-state index in [0.29, 0.717) is 0 Å². The summed E-state index contributed by atoms with van der Waals surface area (Å²) in [6.45, 7) is 6.45. The molecule has 1 nitrogen and oxygen atoms in total. The Hall–Kier alpha value is -0.690. The maximum absolute atomic E-state index is 6.42. The van der Waals surface area contributed by atoms with Crippen LogP contribution in [0.1, 0.15) is 56.5 Å². The van der Waals surface area contributed by atoms with E-state index in [1.54, 1.807) is 0 Å². The molecule has 0 saturated heterocycles. The van der Waals surface area contributed by atoms with Gasteiger partial charge in [0.05, 0.1) is 5.38 Å². The molecule has 17 heavy (non-hydrogen) atoms. The molecule has 1 unspecified atom stereocenters. The van der Waals surface area contributed by atoms with Crippen LogP contribution in [-0.4, -0.2) is 5.60 Å². The third-order valence-electron chi connectivity index (χ3n) is 3.26. The third kappa shape index (κ3) is 2.95. The fourth-order valence-corrected chi connectivity index (χ4v) is 2.66. The zero-order chi connectivity index (χ0) is 12.5. The normalized spacial score (nSPS) is 18.6. The van der Waals surface area contributed by atoms with Gasteiger partial charge in [0, 0.05) is 6.42 Å². The Bertz CT molecular complexity index is 398. The number of ether oxygens (including phenoxy) is 1. The maximum Gasteiger partial charge on any atom is 0.123 e. The van der Waals surface area contributed by atoms with Gasteiger partial charge in [0.1, 0.15) is 11.4 Å². The Morgan fingerprint density at radius 1 is 1.41 bits per heavy atom. The highest BCUT2D eigenvalue weighted by Crippen LogP contribution is 2.37. The highest BCUT2D eigenvalue weighted by Gasteiger charge is 2.30. The number of alkyl halides is 1. The van der Waals surface area contributed by atoms with E-state index in [4.69, 9.17) is 16.3 Å². The summed E-state index contributed by atoms with van der Waals surface area (Å²) in [5.41, 5.74) is 2.47. The lowest BCUT2D eigenvalue weighted by Gasteiger charge is -2.16. The number of hydrogen-bond donors (Lipinski definition) is 0. The van der Waals surface area contributed by atoms with Crippen molar-refractivity contribution in [1.29, 1.82) is 0 Å². The van der Waals surface area contributed by atoms with Gasteiger partial charge in [-0.05, 0) is 37.5 Å². The van der Waals surface area contributed by atoms with Crippen LogP contribution < -0.4 is 4.74 Å². The van der Waals surface area contributed by atoms with Crippen molar-refractivity contribution in [2.45, 2.75) is 57.4 Å². The molecule has 0 bridgehead atoms. The molecule has 1 aromatic carbocycles. The molecule has 94 valence electrons. The molecule has 0 saturated carbocycles. The van der Waals surface area contributed by atoms with Crippen molar-refractivity contribution < 1.29 is 4.74 Å². The van der Waals surface area contributed by atoms with Gasteiger partial charge in [0.15, 0.2) is 0 Å². The Labute approximate surface area is 109 Å². The Balaban J connectivity index is 2.13. The molecule has 1 aliphatic rings. The summed E-state index contributed by atoms with van der Waals surface area (Å²) in [5.74, 6) is 1.03. The van der Waals surface area contributed by atoms with E-state index in [0.717, 1.165) is 18.6 Å². The number of halogens is 1. The summed E-state index contributed by atoms with van der Waals surface area (Å²) >= 11 is 6.42. The summed E-state index contributed by atoms with van der Waals surface area (Å²) in [6, 6.07) is 6.39. The van der Waals surface area contributed by atoms with Gasteiger partial charge in [-0.15, -0.1) is 11.6 Å². The van der Waals surface area contributed by atoms with E-state index < -0.39 is 0 Å². The van der Waals surface area contributed by atoms with Crippen molar-refractivity contribution in [2.24, 2.45) is 0 Å². The van der Waals surface area contributed by atoms with Crippen LogP contribution in [0.4, 0.5) is 0 Å². The van der Waals surface area contributed by atoms with E-state index in [1.807, 2.05) is 0 Å². The fourth-order valence-electron chi connectivity index (χ4n) is 2.37. The van der Waals surface area contributed by atoms with Gasteiger partial charge in [-0.25, -0.2) is 0 Å². The van der Waals surface area contributed by atoms with Crippen molar-refractivity contribution in [3.63, 3.8) is 0 Å². The summed E-state index contributed by atoms with van der Waals surface area (Å²) in [4.78, 5) is 0. The minimum Gasteiger partial charge on any atom is -0.487 e. The monoisotopic (exact) mass is 252 g/mol. The first-order chi connectivity index (χ1) is 8.02. The highest BCUT2D eigenvalue weighted by molar-refractivity contribution is 6.20. The van der Waals surface area contributed by atoms with Crippen molar-refractivity contribution >= 4 is 11.6 Å². The van der Waals surface area contributed by atoms with E-state index in [9.17, 15) is 0 Å². The minimum atomic E-state index is -0.0633. The summed E-state index contributed by atoms with van der Waals surface area (Å²) < 4.78 is 5.87. The SMILES string of the molecule is CCCCC(Cl)c1ccc2c(c1)CC(C)(C)O2. The molecular formula is C15H21ClO. The lowest BCUT2D eigenvalue weighted by Crippen LogP contribution is -2.24. The van der Waals surface area contributed by atoms with Gasteiger partial charge in [0.2, 0.25) is 0 Å². The van der Waals surface area contributed by atoms with Gasteiger partial charge in [-0.3, -0.25) is 0 Å². The van der Waals surface area contributed by atoms with Crippen LogP contribution in [0.15, 0.2) is 18.2 Å². The number of unbranched alkanes of at least 4 members (excludes halogenated alkanes) is 1. The molecule has 1 atom stereocenters. The number of hydrogen-bond acceptors (Lipinski definition) is 1. The van der Waals surface area contributed by atoms with Crippen LogP contribution in [0.3, 0.4) is 0 Å². The van der Waals surface area contributed by atoms with Crippen molar-refractivity contribution in [2.75, 3.05) is 0 Å². The molecular weight excluding hydrogens is 232 g/mol. The predicted molar refractivity (Wildman–Crippen MR) is 73.0 cm³/mol. The van der Waals surface area contributed by atoms with Gasteiger partial charge < -0.3 is 4.74 Å². The first-order valence-electron chi connectivity index (χ1n) is 6.48. The van der Waals surface area contributed by atoms with Crippen LogP contribution in [0.5, 0.6) is 5.75 Å². The minimum absolute atomic E-state index is 0.0633. The van der Waals surface area contributed by atoms with Crippen molar-refractivity contribution in [1.82, 2.24) is 0 Å². The summed E-state index contributed by atoms with van der Waals surface area (Å²) in [7, 11) is 0. The largest absolute Gasteiger partial charge is 0.487 e. The van der Waals surface area contributed by atoms with Gasteiger partial charge in [0.25, 0.3) is 0 Å². The van der Waals surface area contributed by atoms with Crippen LogP contribution in [0.2, 0.25) is 0 Å². The van der Waals surface area contributed by atoms with E-state index >= 15 is 0 Å². The average molecular weight is 253 g/mol. The average Bonchev–Trinajstić information content (AvgIpc) is 2.58. The zero-order valence-electron chi connectivity index (χ0n) is 10.9. The van der Waals surface area contributed by atoms with Crippen LogP contribution in [0.25, 0.3) is 0 Å². The summed E-state index contributed by atoms with van der Waals surface area (Å²) in [5, 5.41) is 0.143. The predicted octanol–water partition coefficient (Wildman–Crippen LogP) is 4.87. The molecule has 0 spiro atoms. The molecule has 0 amide bonds. The molecule has 1 aromatic rings. The van der Waals surface area contributed by atoms with Crippen molar-refractivity contribution in [3.05, 3.63) is 29.3 Å². The van der Waals surface area contributed by atoms with Gasteiger partial charge in [-0.1, -0.05) is 31.9 Å². The van der Waals surface area contributed by atoms with Crippen molar-refractivity contribution in [3.8, 4) is 5.75 Å². The lowest BCUT2D eigenvalue weighted by atomic mass is 9.98. The number of fused-ring (bicyclic) bond motifs is 1. The Kier molecular flexibility index (Phi) is 3.67. The van der Waals surface area contributed by atoms with Crippen LogP contribution >= 0.6 is 11.6 Å². The van der Waals surface area contributed by atoms with Gasteiger partial charge in [-0.2, -0.15) is 0 Å². The third-order valence-corrected chi connectivity index (χ3v) is 3.73. The molecule has 0 aromatic heterocycles. The van der Waals surface area contributed by atoms with E-state index in [-0.39, 0.29) is 11.0 Å². The molecule has 0 N–H and O–H groups in total. The quantitative estimate of drug-likeness (QED) is 0.695. The van der Waals surface area contributed by atoms with E-state index in [1.165, 1.54) is 24.0 Å². The molecule has 0 aliphatic carbocycles. The van der Waals surface area contributed by atoms with Gasteiger partial charge >= 0.3 is 0 Å². The van der Waals surface area contributed by atoms with E-state index in [2.05, 4.69) is 39.0 Å². The molecule has 0 fully saturated rings. The standard InChI is InChI=1S/C15H21ClO/c1-4-5-6-13(16)11-7-8-14-12(9-11)10-15(2,3)17-14/h7-9,13H,4-6,10H2,1-3H3. The topological polar surface area (TPSA) is 9.23 Å². The molecule has 0 radical (unpaired) electrons. The Morgan fingerprint density at radius 3 is 2.88 bits per heavy atom. The summed E-state index contributed by atoms with van der Waals surface area (Å²) in [6.07, 6.45) is 4.42. The Morgan fingerprint density at radius 2 is 2.18 bits per heavy atom. The smallest absolute Gasteiger partial charge is 0.123 e. The number of benzene rings is 1. The second kappa shape index (κ2) is 4.89. The highest BCUT2D eigenvalue weighted by atomic mass is 35.5. The first kappa shape index (κ1) is 12.8. The maximum atomic E-state index is 6.42. The van der Waals surface area contributed by atoms with Crippen LogP contribution in [0, 0.1) is 0 Å². The van der Waals surface area contributed by atoms with Crippen LogP contribution in [-0.2, 0) is 6.42 Å². The molecule has 2 heteroatoms. The lowest BCUT2D eigenvalue weighted by molar-refractivity contribution is 0.138. The molecule has 2 rings (SSSR count). The zero-order valence-corrected chi connectivity index (χ0v) is 11.7. The molecule has 1 aliphatic heterocycles. The fraction of sp³-hybridized carbons (Fsp3) is 0.600. The molecule has 1 heterocycles. The second-order valence-electron chi connectivity index (χ2n) is 5.52. The second-order valence-corrected chi connectivity index (χ2v) is 6.04.